The van der Waals surface area contributed by atoms with Crippen molar-refractivity contribution in [2.75, 3.05) is 26.4 Å². The van der Waals surface area contributed by atoms with Crippen LogP contribution in [0.1, 0.15) is 194 Å². The topological polar surface area (TPSA) is 307 Å². The molecule has 470 valence electrons. The molecule has 19 heteroatoms. The summed E-state index contributed by atoms with van der Waals surface area (Å²) in [6.07, 6.45) is 24.7. The smallest absolute Gasteiger partial charge is 0.220 e. The lowest BCUT2D eigenvalue weighted by molar-refractivity contribution is -0.379. The SMILES string of the molecule is CC/C=C\C/C=C\C/C=C\C/C=C\CCCCCCCCCCC(=O)NC(COC1OC(CO)C(OC2OC(CO)C(OC3OC(CO)C(O)C(O)C3O)C(O)C2O)C(O)C1O)C(O)/C=C/CCCCCCCCCCCCCCC. The van der Waals surface area contributed by atoms with Crippen molar-refractivity contribution in [3.63, 3.8) is 0 Å². The first-order valence-corrected chi connectivity index (χ1v) is 31.0. The van der Waals surface area contributed by atoms with Crippen LogP contribution in [0.4, 0.5) is 0 Å². The lowest BCUT2D eigenvalue weighted by Crippen LogP contribution is -2.66. The van der Waals surface area contributed by atoms with E-state index in [1.165, 1.54) is 83.5 Å². The summed E-state index contributed by atoms with van der Waals surface area (Å²) >= 11 is 0. The fourth-order valence-electron chi connectivity index (χ4n) is 10.2. The maximum absolute atomic E-state index is 13.3. The molecule has 3 fully saturated rings. The van der Waals surface area contributed by atoms with Crippen molar-refractivity contribution in [3.05, 3.63) is 60.8 Å². The van der Waals surface area contributed by atoms with Crippen molar-refractivity contribution >= 4 is 5.91 Å². The summed E-state index contributed by atoms with van der Waals surface area (Å²) in [5, 5.41) is 120. The molecule has 0 aromatic heterocycles. The minimum atomic E-state index is -1.98. The Hall–Kier alpha value is -2.51. The van der Waals surface area contributed by atoms with E-state index >= 15 is 0 Å². The quantitative estimate of drug-likeness (QED) is 0.0244. The minimum Gasteiger partial charge on any atom is -0.394 e. The highest BCUT2D eigenvalue weighted by Gasteiger charge is 2.53. The Morgan fingerprint density at radius 1 is 0.457 bits per heavy atom. The molecule has 17 atom stereocenters. The predicted octanol–water partition coefficient (Wildman–Crippen LogP) is 6.04. The van der Waals surface area contributed by atoms with Crippen LogP contribution in [0, 0.1) is 0 Å². The molecule has 0 aromatic rings. The van der Waals surface area contributed by atoms with Crippen LogP contribution in [0.15, 0.2) is 60.8 Å². The van der Waals surface area contributed by atoms with Crippen LogP contribution in [-0.2, 0) is 33.2 Å². The predicted molar refractivity (Wildman–Crippen MR) is 309 cm³/mol. The van der Waals surface area contributed by atoms with Gasteiger partial charge in [-0.25, -0.2) is 0 Å². The molecule has 0 aromatic carbocycles. The Balaban J connectivity index is 1.49. The Bertz CT molecular complexity index is 1710. The number of carbonyl (C=O) groups excluding carboxylic acids is 1. The van der Waals surface area contributed by atoms with Gasteiger partial charge in [0.15, 0.2) is 18.9 Å². The lowest BCUT2D eigenvalue weighted by Gasteiger charge is -2.48. The van der Waals surface area contributed by atoms with E-state index in [2.05, 4.69) is 67.8 Å². The Morgan fingerprint density at radius 3 is 1.33 bits per heavy atom. The molecule has 0 bridgehead atoms. The second-order valence-corrected chi connectivity index (χ2v) is 22.1. The zero-order chi connectivity index (χ0) is 59.0. The summed E-state index contributed by atoms with van der Waals surface area (Å²) in [4.78, 5) is 13.3. The van der Waals surface area contributed by atoms with Gasteiger partial charge in [0, 0.05) is 6.42 Å². The van der Waals surface area contributed by atoms with Crippen molar-refractivity contribution in [1.82, 2.24) is 5.32 Å². The monoisotopic (exact) mass is 1160 g/mol. The molecular weight excluding hydrogens is 1050 g/mol. The highest BCUT2D eigenvalue weighted by atomic mass is 16.8. The van der Waals surface area contributed by atoms with Gasteiger partial charge in [-0.3, -0.25) is 4.79 Å². The molecule has 0 aliphatic carbocycles. The highest BCUT2D eigenvalue weighted by Crippen LogP contribution is 2.33. The molecule has 3 heterocycles. The zero-order valence-corrected chi connectivity index (χ0v) is 49.0. The van der Waals surface area contributed by atoms with Crippen LogP contribution < -0.4 is 5.32 Å². The third kappa shape index (κ3) is 28.5. The summed E-state index contributed by atoms with van der Waals surface area (Å²) in [5.74, 6) is -0.287. The average molecular weight is 1160 g/mol. The highest BCUT2D eigenvalue weighted by molar-refractivity contribution is 5.76. The molecule has 0 spiro atoms. The van der Waals surface area contributed by atoms with Gasteiger partial charge in [0.1, 0.15) is 73.2 Å². The van der Waals surface area contributed by atoms with Crippen molar-refractivity contribution in [3.8, 4) is 0 Å². The van der Waals surface area contributed by atoms with Gasteiger partial charge in [0.25, 0.3) is 0 Å². The van der Waals surface area contributed by atoms with E-state index in [1.807, 2.05) is 6.08 Å². The normalized spacial score (nSPS) is 30.2. The van der Waals surface area contributed by atoms with Gasteiger partial charge in [-0.2, -0.15) is 0 Å². The Morgan fingerprint density at radius 2 is 0.852 bits per heavy atom. The fourth-order valence-corrected chi connectivity index (χ4v) is 10.2. The number of rotatable bonds is 45. The van der Waals surface area contributed by atoms with Crippen molar-refractivity contribution < 1.29 is 89.4 Å². The summed E-state index contributed by atoms with van der Waals surface area (Å²) < 4.78 is 34.3. The van der Waals surface area contributed by atoms with E-state index in [0.29, 0.717) is 6.42 Å². The molecule has 3 aliphatic rings. The van der Waals surface area contributed by atoms with Gasteiger partial charge < -0.3 is 89.9 Å². The number of carbonyl (C=O) groups is 1. The minimum absolute atomic E-state index is 0.231. The number of hydrogen-bond donors (Lipinski definition) is 12. The summed E-state index contributed by atoms with van der Waals surface area (Å²) in [6, 6.07) is -0.979. The second kappa shape index (κ2) is 44.9. The number of amides is 1. The average Bonchev–Trinajstić information content (AvgIpc) is 3.46. The van der Waals surface area contributed by atoms with Crippen LogP contribution in [-0.4, -0.2) is 193 Å². The van der Waals surface area contributed by atoms with Crippen molar-refractivity contribution in [2.24, 2.45) is 0 Å². The third-order valence-corrected chi connectivity index (χ3v) is 15.3. The Labute approximate surface area is 484 Å². The summed E-state index contributed by atoms with van der Waals surface area (Å²) in [7, 11) is 0. The number of hydrogen-bond acceptors (Lipinski definition) is 18. The molecule has 81 heavy (non-hydrogen) atoms. The molecule has 12 N–H and O–H groups in total. The first kappa shape index (κ1) is 72.7. The van der Waals surface area contributed by atoms with Crippen LogP contribution in [0.25, 0.3) is 0 Å². The van der Waals surface area contributed by atoms with Crippen LogP contribution >= 0.6 is 0 Å². The van der Waals surface area contributed by atoms with Crippen LogP contribution in [0.5, 0.6) is 0 Å². The van der Waals surface area contributed by atoms with Crippen molar-refractivity contribution in [1.29, 1.82) is 0 Å². The number of ether oxygens (including phenoxy) is 6. The van der Waals surface area contributed by atoms with E-state index in [1.54, 1.807) is 6.08 Å². The molecule has 0 saturated carbocycles. The fraction of sp³-hybridized carbons (Fsp3) is 0.823. The maximum atomic E-state index is 13.3. The van der Waals surface area contributed by atoms with Gasteiger partial charge in [-0.1, -0.05) is 190 Å². The van der Waals surface area contributed by atoms with E-state index in [0.717, 1.165) is 83.5 Å². The van der Waals surface area contributed by atoms with Gasteiger partial charge in [0.05, 0.1) is 38.6 Å². The lowest BCUT2D eigenvalue weighted by atomic mass is 9.96. The molecule has 3 rings (SSSR count). The van der Waals surface area contributed by atoms with E-state index < -0.39 is 124 Å². The van der Waals surface area contributed by atoms with E-state index in [9.17, 15) is 61.0 Å². The number of allylic oxidation sites excluding steroid dienone is 9. The third-order valence-electron chi connectivity index (χ3n) is 15.3. The number of unbranched alkanes of at least 4 members (excludes halogenated alkanes) is 21. The molecule has 3 saturated heterocycles. The van der Waals surface area contributed by atoms with Gasteiger partial charge >= 0.3 is 0 Å². The first-order chi connectivity index (χ1) is 39.3. The molecule has 3 aliphatic heterocycles. The van der Waals surface area contributed by atoms with Gasteiger partial charge in [-0.15, -0.1) is 0 Å². The van der Waals surface area contributed by atoms with Crippen LogP contribution in [0.3, 0.4) is 0 Å². The largest absolute Gasteiger partial charge is 0.394 e. The van der Waals surface area contributed by atoms with Gasteiger partial charge in [0.2, 0.25) is 5.91 Å². The molecule has 1 amide bonds. The Kier molecular flexibility index (Phi) is 40.3. The molecular formula is C62H109NO18. The number of aliphatic hydroxyl groups excluding tert-OH is 11. The van der Waals surface area contributed by atoms with E-state index in [-0.39, 0.29) is 18.9 Å². The first-order valence-electron chi connectivity index (χ1n) is 31.0. The van der Waals surface area contributed by atoms with Crippen molar-refractivity contribution in [2.45, 2.75) is 298 Å². The maximum Gasteiger partial charge on any atom is 0.220 e. The molecule has 17 unspecified atom stereocenters. The van der Waals surface area contributed by atoms with Gasteiger partial charge in [-0.05, 0) is 57.8 Å². The number of aliphatic hydroxyl groups is 11. The summed E-state index contributed by atoms with van der Waals surface area (Å²) in [5.41, 5.74) is 0. The molecule has 0 radical (unpaired) electrons. The zero-order valence-electron chi connectivity index (χ0n) is 49.0. The van der Waals surface area contributed by atoms with E-state index in [4.69, 9.17) is 28.4 Å². The number of nitrogens with one attached hydrogen (secondary N) is 1. The second-order valence-electron chi connectivity index (χ2n) is 22.1. The molecule has 19 nitrogen and oxygen atoms in total. The standard InChI is InChI=1S/C62H109NO18/c1-3-5-7-9-11-13-15-17-19-20-21-22-23-24-26-28-30-32-34-36-38-40-50(68)63-45(46(67)39-37-35-33-31-29-27-25-18-16-14-12-10-8-6-4-2)44-76-60-56(74)53(71)58(48(42-65)78-60)81-62-57(75)54(72)59(49(43-66)79-62)80-61-55(73)52(70)51(69)47(41-64)77-61/h5,7,11,13,17,19,21-22,37,39,45-49,51-62,64-67,69-75H,3-4,6,8-10,12,14-16,18,20,23-36,38,40-44H2,1-2H3,(H,63,68)/b7-5-,13-11-,19-17-,22-21-,39-37+. The summed E-state index contributed by atoms with van der Waals surface area (Å²) in [6.45, 7) is 1.59. The van der Waals surface area contributed by atoms with Crippen LogP contribution in [0.2, 0.25) is 0 Å².